The van der Waals surface area contributed by atoms with Crippen LogP contribution in [0.2, 0.25) is 0 Å². The molecule has 1 aliphatic carbocycles. The van der Waals surface area contributed by atoms with Crippen LogP contribution in [0.1, 0.15) is 40.4 Å². The molecule has 1 aliphatic rings. The molecule has 3 nitrogen and oxygen atoms in total. The van der Waals surface area contributed by atoms with E-state index in [1.54, 1.807) is 11.8 Å². The van der Waals surface area contributed by atoms with Crippen LogP contribution < -0.4 is 0 Å². The summed E-state index contributed by atoms with van der Waals surface area (Å²) >= 11 is 0. The normalized spacial score (nSPS) is 22.8. The van der Waals surface area contributed by atoms with Crippen molar-refractivity contribution in [2.75, 3.05) is 7.02 Å². The predicted octanol–water partition coefficient (Wildman–Crippen LogP) is 1.72. The van der Waals surface area contributed by atoms with Crippen LogP contribution in [0.25, 0.3) is 0 Å². The quantitative estimate of drug-likeness (QED) is 0.729. The Balaban J connectivity index is 2.55. The van der Waals surface area contributed by atoms with E-state index in [9.17, 15) is 4.79 Å². The molecule has 1 saturated carbocycles. The Morgan fingerprint density at radius 1 is 1.54 bits per heavy atom. The Bertz CT molecular complexity index is 193. The highest BCUT2D eigenvalue weighted by Gasteiger charge is 2.25. The van der Waals surface area contributed by atoms with E-state index in [2.05, 4.69) is 0 Å². The number of aliphatic carboxylic acids is 1. The summed E-state index contributed by atoms with van der Waals surface area (Å²) in [6, 6.07) is -0.206. The number of carboxylic acids is 1. The lowest BCUT2D eigenvalue weighted by atomic mass is 9.94. The average Bonchev–Trinajstić information content (AvgIpc) is 2.20. The third kappa shape index (κ3) is 2.69. The van der Waals surface area contributed by atoms with Gasteiger partial charge in [0.25, 0.3) is 0 Å². The maximum atomic E-state index is 10.8. The highest BCUT2D eigenvalue weighted by Crippen LogP contribution is 2.22. The van der Waals surface area contributed by atoms with Crippen molar-refractivity contribution < 1.29 is 11.3 Å². The van der Waals surface area contributed by atoms with Gasteiger partial charge in [-0.1, -0.05) is 19.3 Å². The minimum atomic E-state index is -0.817. The van der Waals surface area contributed by atoms with Gasteiger partial charge in [0.1, 0.15) is 6.04 Å². The minimum Gasteiger partial charge on any atom is -0.480 e. The van der Waals surface area contributed by atoms with Crippen LogP contribution in [0.4, 0.5) is 0 Å². The zero-order valence-corrected chi connectivity index (χ0v) is 8.20. The second kappa shape index (κ2) is 4.61. The fourth-order valence-corrected chi connectivity index (χ4v) is 1.87. The number of likely N-dealkylation sites (N-methyl/N-ethyl adjacent to an activating group) is 1. The second-order valence-electron chi connectivity index (χ2n) is 3.82. The SMILES string of the molecule is [2H]CN(C1CCCCC1)[C@@H](C)C(=O)O. The van der Waals surface area contributed by atoms with Crippen LogP contribution >= 0.6 is 0 Å². The molecular formula is C10H19NO2. The highest BCUT2D eigenvalue weighted by molar-refractivity contribution is 5.72. The monoisotopic (exact) mass is 186 g/mol. The molecule has 0 spiro atoms. The molecular weight excluding hydrogens is 166 g/mol. The molecule has 1 atom stereocenters. The van der Waals surface area contributed by atoms with Gasteiger partial charge in [-0.3, -0.25) is 9.69 Å². The number of hydrogen-bond donors (Lipinski definition) is 1. The summed E-state index contributed by atoms with van der Waals surface area (Å²) in [4.78, 5) is 12.6. The summed E-state index contributed by atoms with van der Waals surface area (Å²) < 4.78 is 7.38. The van der Waals surface area contributed by atoms with E-state index < -0.39 is 12.0 Å². The van der Waals surface area contributed by atoms with Crippen LogP contribution in [0.3, 0.4) is 0 Å². The fraction of sp³-hybridized carbons (Fsp3) is 0.900. The molecule has 1 fully saturated rings. The Hall–Kier alpha value is -0.570. The van der Waals surface area contributed by atoms with E-state index in [-0.39, 0.29) is 7.02 Å². The average molecular weight is 186 g/mol. The lowest BCUT2D eigenvalue weighted by molar-refractivity contribution is -0.143. The first kappa shape index (κ1) is 9.00. The van der Waals surface area contributed by atoms with Crippen molar-refractivity contribution in [3.8, 4) is 0 Å². The maximum Gasteiger partial charge on any atom is 0.320 e. The summed E-state index contributed by atoms with van der Waals surface area (Å²) in [5.41, 5.74) is 0. The van der Waals surface area contributed by atoms with Crippen molar-refractivity contribution in [1.29, 1.82) is 0 Å². The van der Waals surface area contributed by atoms with Crippen LogP contribution in [-0.2, 0) is 4.79 Å². The van der Waals surface area contributed by atoms with Gasteiger partial charge in [-0.05, 0) is 26.8 Å². The van der Waals surface area contributed by atoms with Crippen molar-refractivity contribution in [3.63, 3.8) is 0 Å². The van der Waals surface area contributed by atoms with E-state index in [1.165, 1.54) is 19.3 Å². The van der Waals surface area contributed by atoms with Gasteiger partial charge in [0, 0.05) is 7.41 Å². The largest absolute Gasteiger partial charge is 0.480 e. The summed E-state index contributed by atoms with van der Waals surface area (Å²) in [6.45, 7) is 1.67. The zero-order valence-electron chi connectivity index (χ0n) is 9.20. The second-order valence-corrected chi connectivity index (χ2v) is 3.82. The molecule has 1 rings (SSSR count). The van der Waals surface area contributed by atoms with Crippen LogP contribution in [0, 0.1) is 0 Å². The van der Waals surface area contributed by atoms with Crippen LogP contribution in [0.5, 0.6) is 0 Å². The first-order valence-corrected chi connectivity index (χ1v) is 4.94. The van der Waals surface area contributed by atoms with E-state index in [1.807, 2.05) is 0 Å². The Labute approximate surface area is 81.1 Å². The third-order valence-electron chi connectivity index (χ3n) is 2.90. The molecule has 0 heterocycles. The highest BCUT2D eigenvalue weighted by atomic mass is 16.4. The summed E-state index contributed by atoms with van der Waals surface area (Å²) in [6.07, 6.45) is 5.71. The van der Waals surface area contributed by atoms with E-state index in [0.717, 1.165) is 12.8 Å². The van der Waals surface area contributed by atoms with Crippen molar-refractivity contribution in [2.24, 2.45) is 0 Å². The molecule has 0 aromatic heterocycles. The first-order valence-electron chi connectivity index (χ1n) is 5.65. The van der Waals surface area contributed by atoms with Crippen molar-refractivity contribution in [3.05, 3.63) is 0 Å². The molecule has 3 heteroatoms. The number of rotatable bonds is 3. The lowest BCUT2D eigenvalue weighted by Gasteiger charge is -2.33. The minimum absolute atomic E-state index is 0.0954. The van der Waals surface area contributed by atoms with Gasteiger partial charge in [0.05, 0.1) is 0 Å². The molecule has 0 aromatic carbocycles. The molecule has 0 aromatic rings. The smallest absolute Gasteiger partial charge is 0.320 e. The molecule has 0 radical (unpaired) electrons. The topological polar surface area (TPSA) is 40.5 Å². The van der Waals surface area contributed by atoms with Crippen LogP contribution in [-0.4, -0.2) is 35.1 Å². The molecule has 0 amide bonds. The Kier molecular flexibility index (Phi) is 3.19. The van der Waals surface area contributed by atoms with E-state index >= 15 is 0 Å². The number of nitrogens with zero attached hydrogens (tertiary/aromatic N) is 1. The molecule has 76 valence electrons. The van der Waals surface area contributed by atoms with Gasteiger partial charge in [0.2, 0.25) is 0 Å². The molecule has 0 unspecified atom stereocenters. The van der Waals surface area contributed by atoms with Crippen molar-refractivity contribution >= 4 is 5.97 Å². The number of carbonyl (C=O) groups is 1. The molecule has 1 N–H and O–H groups in total. The lowest BCUT2D eigenvalue weighted by Crippen LogP contribution is -2.43. The van der Waals surface area contributed by atoms with Gasteiger partial charge in [-0.15, -0.1) is 0 Å². The Morgan fingerprint density at radius 2 is 2.15 bits per heavy atom. The number of carboxylic acid groups (broad SMARTS) is 1. The third-order valence-corrected chi connectivity index (χ3v) is 2.90. The Morgan fingerprint density at radius 3 is 2.62 bits per heavy atom. The van der Waals surface area contributed by atoms with Gasteiger partial charge in [-0.25, -0.2) is 0 Å². The van der Waals surface area contributed by atoms with E-state index in [0.29, 0.717) is 6.04 Å². The standard InChI is InChI=1S/C10H19NO2/c1-8(10(12)13)11(2)9-6-4-3-5-7-9/h8-9H,3-7H2,1-2H3,(H,12,13)/t8-/m0/s1/i2D. The van der Waals surface area contributed by atoms with Gasteiger partial charge in [-0.2, -0.15) is 0 Å². The molecule has 13 heavy (non-hydrogen) atoms. The van der Waals surface area contributed by atoms with Gasteiger partial charge in [0.15, 0.2) is 0 Å². The van der Waals surface area contributed by atoms with Crippen LogP contribution in [0.15, 0.2) is 0 Å². The summed E-state index contributed by atoms with van der Waals surface area (Å²) in [5.74, 6) is -0.817. The van der Waals surface area contributed by atoms with Crippen molar-refractivity contribution in [1.82, 2.24) is 4.90 Å². The molecule has 0 aliphatic heterocycles. The van der Waals surface area contributed by atoms with E-state index in [4.69, 9.17) is 6.48 Å². The number of hydrogen-bond acceptors (Lipinski definition) is 2. The zero-order chi connectivity index (χ0) is 10.6. The molecule has 0 bridgehead atoms. The molecule has 0 saturated heterocycles. The van der Waals surface area contributed by atoms with Crippen molar-refractivity contribution in [2.45, 2.75) is 51.1 Å². The maximum absolute atomic E-state index is 10.8. The first-order chi connectivity index (χ1) is 6.66. The predicted molar refractivity (Wildman–Crippen MR) is 51.7 cm³/mol. The summed E-state index contributed by atoms with van der Waals surface area (Å²) in [7, 11) is 0.0954. The van der Waals surface area contributed by atoms with Gasteiger partial charge < -0.3 is 5.11 Å². The van der Waals surface area contributed by atoms with Gasteiger partial charge >= 0.3 is 5.97 Å². The fourth-order valence-electron chi connectivity index (χ4n) is 1.87. The summed E-state index contributed by atoms with van der Waals surface area (Å²) in [5, 5.41) is 8.89.